The molecule has 0 saturated heterocycles. The van der Waals surface area contributed by atoms with Crippen molar-refractivity contribution < 1.29 is 0 Å². The maximum absolute atomic E-state index is 4.60. The fourth-order valence-electron chi connectivity index (χ4n) is 2.59. The molecule has 1 heterocycles. The summed E-state index contributed by atoms with van der Waals surface area (Å²) < 4.78 is 0. The van der Waals surface area contributed by atoms with Crippen LogP contribution in [0.25, 0.3) is 0 Å². The molecule has 0 aromatic carbocycles. The van der Waals surface area contributed by atoms with E-state index in [1.54, 1.807) is 5.23 Å². The highest BCUT2D eigenvalue weighted by atomic mass is 32.1. The molecule has 1 fully saturated rings. The summed E-state index contributed by atoms with van der Waals surface area (Å²) in [5, 5.41) is 7.14. The maximum atomic E-state index is 4.60. The van der Waals surface area contributed by atoms with Gasteiger partial charge in [-0.25, -0.2) is 0 Å². The van der Waals surface area contributed by atoms with E-state index >= 15 is 0 Å². The number of rotatable bonds is 4. The lowest BCUT2D eigenvalue weighted by molar-refractivity contribution is 0.0979. The Kier molecular flexibility index (Phi) is 5.39. The summed E-state index contributed by atoms with van der Waals surface area (Å²) in [7, 11) is 0. The molecule has 2 aliphatic rings. The smallest absolute Gasteiger partial charge is 0.154 e. The van der Waals surface area contributed by atoms with Gasteiger partial charge in [-0.15, -0.1) is 23.0 Å². The average molecular weight is 283 g/mol. The zero-order valence-electron chi connectivity index (χ0n) is 11.9. The first-order chi connectivity index (χ1) is 9.22. The zero-order chi connectivity index (χ0) is 13.7. The minimum absolute atomic E-state index is 0.516. The van der Waals surface area contributed by atoms with Gasteiger partial charge in [0.15, 0.2) is 5.84 Å². The third-order valence-corrected chi connectivity index (χ3v) is 3.92. The second kappa shape index (κ2) is 7.05. The molecule has 1 aliphatic heterocycles. The third kappa shape index (κ3) is 4.04. The maximum Gasteiger partial charge on any atom is 0.154 e. The predicted molar refractivity (Wildman–Crippen MR) is 82.4 cm³/mol. The van der Waals surface area contributed by atoms with E-state index in [9.17, 15) is 0 Å². The molecule has 0 radical (unpaired) electrons. The number of likely N-dealkylation sites (N-methyl/N-ethyl adjacent to an activating group) is 1. The van der Waals surface area contributed by atoms with Gasteiger partial charge in [-0.2, -0.15) is 5.43 Å². The number of hydrazone groups is 1. The van der Waals surface area contributed by atoms with Crippen molar-refractivity contribution in [3.05, 3.63) is 11.1 Å². The topological polar surface area (TPSA) is 42.9 Å². The lowest BCUT2D eigenvalue weighted by atomic mass is 9.96. The lowest BCUT2D eigenvalue weighted by Crippen LogP contribution is -2.52. The van der Waals surface area contributed by atoms with Gasteiger partial charge >= 0.3 is 0 Å². The Labute approximate surface area is 121 Å². The Bertz CT molecular complexity index is 345. The van der Waals surface area contributed by atoms with Crippen LogP contribution in [0.3, 0.4) is 0 Å². The number of hydrogen-bond acceptors (Lipinski definition) is 6. The Morgan fingerprint density at radius 1 is 1.37 bits per heavy atom. The van der Waals surface area contributed by atoms with Crippen molar-refractivity contribution in [3.63, 3.8) is 0 Å². The first-order valence-electron chi connectivity index (χ1n) is 7.30. The molecule has 5 nitrogen and oxygen atoms in total. The van der Waals surface area contributed by atoms with Crippen LogP contribution in [0.1, 0.15) is 46.0 Å². The number of thiol groups is 1. The van der Waals surface area contributed by atoms with Crippen LogP contribution < -0.4 is 10.9 Å². The zero-order valence-corrected chi connectivity index (χ0v) is 12.8. The van der Waals surface area contributed by atoms with Crippen LogP contribution >= 0.6 is 12.6 Å². The summed E-state index contributed by atoms with van der Waals surface area (Å²) in [6.45, 7) is 6.17. The summed E-state index contributed by atoms with van der Waals surface area (Å²) in [5.41, 5.74) is 6.57. The van der Waals surface area contributed by atoms with Crippen molar-refractivity contribution in [2.75, 3.05) is 13.1 Å². The molecule has 19 heavy (non-hydrogen) atoms. The molecule has 6 heteroatoms. The molecule has 1 aliphatic carbocycles. The second-order valence-corrected chi connectivity index (χ2v) is 5.53. The van der Waals surface area contributed by atoms with Gasteiger partial charge in [0.1, 0.15) is 0 Å². The molecule has 0 aromatic rings. The summed E-state index contributed by atoms with van der Waals surface area (Å²) in [6.07, 6.45) is 8.38. The molecule has 2 N–H and O–H groups in total. The van der Waals surface area contributed by atoms with Crippen LogP contribution in [0.4, 0.5) is 0 Å². The van der Waals surface area contributed by atoms with Gasteiger partial charge in [0.2, 0.25) is 0 Å². The van der Waals surface area contributed by atoms with E-state index in [4.69, 9.17) is 0 Å². The van der Waals surface area contributed by atoms with Gasteiger partial charge < -0.3 is 4.90 Å². The largest absolute Gasteiger partial charge is 0.356 e. The molecule has 0 unspecified atom stereocenters. The fourth-order valence-corrected chi connectivity index (χ4v) is 2.80. The van der Waals surface area contributed by atoms with Crippen molar-refractivity contribution in [1.29, 1.82) is 0 Å². The Hall–Kier alpha value is -0.880. The van der Waals surface area contributed by atoms with Crippen molar-refractivity contribution in [2.24, 2.45) is 5.10 Å². The minimum Gasteiger partial charge on any atom is -0.356 e. The van der Waals surface area contributed by atoms with E-state index in [2.05, 4.69) is 47.3 Å². The Balaban J connectivity index is 1.99. The van der Waals surface area contributed by atoms with Crippen molar-refractivity contribution in [1.82, 2.24) is 21.0 Å². The van der Waals surface area contributed by atoms with Crippen LogP contribution in [0, 0.1) is 0 Å². The molecule has 0 aromatic heterocycles. The first-order valence-corrected chi connectivity index (χ1v) is 7.74. The van der Waals surface area contributed by atoms with Gasteiger partial charge in [-0.1, -0.05) is 19.3 Å². The van der Waals surface area contributed by atoms with E-state index < -0.39 is 0 Å². The second-order valence-electron chi connectivity index (χ2n) is 5.05. The highest BCUT2D eigenvalue weighted by Gasteiger charge is 2.19. The van der Waals surface area contributed by atoms with Crippen LogP contribution in [-0.4, -0.2) is 35.1 Å². The Morgan fingerprint density at radius 3 is 2.68 bits per heavy atom. The molecular weight excluding hydrogens is 258 g/mol. The van der Waals surface area contributed by atoms with Gasteiger partial charge in [0.05, 0.1) is 5.03 Å². The SMILES string of the molecule is CCN(CC)C1=NN(NC2CCCCC2)NC(S)=C1. The quantitative estimate of drug-likeness (QED) is 0.691. The fraction of sp³-hybridized carbons (Fsp3) is 0.769. The number of nitrogens with one attached hydrogen (secondary N) is 2. The van der Waals surface area contributed by atoms with E-state index in [1.807, 2.05) is 6.08 Å². The molecule has 0 atom stereocenters. The van der Waals surface area contributed by atoms with Gasteiger partial charge in [-0.3, -0.25) is 5.43 Å². The van der Waals surface area contributed by atoms with Crippen molar-refractivity contribution >= 4 is 18.5 Å². The number of hydrazine groups is 2. The standard InChI is InChI=1S/C13H25N5S/c1-3-17(4-2)12-10-13(19)16-18(15-12)14-11-8-6-5-7-9-11/h10-11,14,16,19H,3-9H2,1-2H3. The van der Waals surface area contributed by atoms with Gasteiger partial charge in [0, 0.05) is 25.2 Å². The average Bonchev–Trinajstić information content (AvgIpc) is 2.40. The van der Waals surface area contributed by atoms with Crippen LogP contribution in [0.5, 0.6) is 0 Å². The van der Waals surface area contributed by atoms with Crippen molar-refractivity contribution in [2.45, 2.75) is 52.0 Å². The third-order valence-electron chi connectivity index (χ3n) is 3.69. The van der Waals surface area contributed by atoms with Crippen LogP contribution in [0.15, 0.2) is 16.2 Å². The van der Waals surface area contributed by atoms with Crippen LogP contribution in [-0.2, 0) is 0 Å². The van der Waals surface area contributed by atoms with E-state index in [0.717, 1.165) is 24.0 Å². The van der Waals surface area contributed by atoms with Gasteiger partial charge in [-0.05, 0) is 26.7 Å². The van der Waals surface area contributed by atoms with Gasteiger partial charge in [0.25, 0.3) is 0 Å². The predicted octanol–water partition coefficient (Wildman–Crippen LogP) is 2.07. The molecular formula is C13H25N5S. The summed E-state index contributed by atoms with van der Waals surface area (Å²) in [5.74, 6) is 0.956. The highest BCUT2D eigenvalue weighted by Crippen LogP contribution is 2.18. The molecule has 108 valence electrons. The molecule has 0 amide bonds. The molecule has 0 bridgehead atoms. The Morgan fingerprint density at radius 2 is 2.05 bits per heavy atom. The first kappa shape index (κ1) is 14.5. The van der Waals surface area contributed by atoms with Crippen LogP contribution in [0.2, 0.25) is 0 Å². The number of amidine groups is 1. The lowest BCUT2D eigenvalue weighted by Gasteiger charge is -2.33. The van der Waals surface area contributed by atoms with E-state index in [1.165, 1.54) is 32.1 Å². The van der Waals surface area contributed by atoms with E-state index in [-0.39, 0.29) is 0 Å². The highest BCUT2D eigenvalue weighted by molar-refractivity contribution is 7.84. The number of hydrogen-bond donors (Lipinski definition) is 3. The minimum atomic E-state index is 0.516. The monoisotopic (exact) mass is 283 g/mol. The molecule has 1 saturated carbocycles. The normalized spacial score (nSPS) is 20.7. The van der Waals surface area contributed by atoms with Crippen molar-refractivity contribution in [3.8, 4) is 0 Å². The molecule has 0 spiro atoms. The number of nitrogens with zero attached hydrogens (tertiary/aromatic N) is 3. The van der Waals surface area contributed by atoms with E-state index in [0.29, 0.717) is 6.04 Å². The summed E-state index contributed by atoms with van der Waals surface area (Å²) in [4.78, 5) is 2.21. The summed E-state index contributed by atoms with van der Waals surface area (Å²) in [6, 6.07) is 0.516. The summed E-state index contributed by atoms with van der Waals surface area (Å²) >= 11 is 4.43. The molecule has 2 rings (SSSR count).